The molecular formula is C13H24N4O. The second kappa shape index (κ2) is 6.20. The second-order valence-electron chi connectivity index (χ2n) is 5.03. The summed E-state index contributed by atoms with van der Waals surface area (Å²) in [6, 6.07) is 0. The first-order valence-electron chi connectivity index (χ1n) is 6.67. The second-order valence-corrected chi connectivity index (χ2v) is 5.03. The minimum Gasteiger partial charge on any atom is -0.383 e. The molecule has 18 heavy (non-hydrogen) atoms. The molecule has 5 nitrogen and oxygen atoms in total. The van der Waals surface area contributed by atoms with Gasteiger partial charge >= 0.3 is 0 Å². The Morgan fingerprint density at radius 3 is 3.11 bits per heavy atom. The van der Waals surface area contributed by atoms with Gasteiger partial charge in [-0.2, -0.15) is 0 Å². The van der Waals surface area contributed by atoms with Gasteiger partial charge in [-0.3, -0.25) is 0 Å². The quantitative estimate of drug-likeness (QED) is 0.816. The third-order valence-corrected chi connectivity index (χ3v) is 3.47. The van der Waals surface area contributed by atoms with Gasteiger partial charge in [0.2, 0.25) is 5.95 Å². The largest absolute Gasteiger partial charge is 0.383 e. The molecule has 2 heterocycles. The molecule has 0 aliphatic carbocycles. The Balaban J connectivity index is 2.03. The van der Waals surface area contributed by atoms with E-state index in [-0.39, 0.29) is 0 Å². The van der Waals surface area contributed by atoms with Gasteiger partial charge in [-0.05, 0) is 32.9 Å². The predicted octanol–water partition coefficient (Wildman–Crippen LogP) is 0.884. The van der Waals surface area contributed by atoms with Crippen LogP contribution in [0.1, 0.15) is 12.1 Å². The Bertz CT molecular complexity index is 377. The van der Waals surface area contributed by atoms with Crippen LogP contribution in [0.15, 0.2) is 6.20 Å². The number of nitrogens with zero attached hydrogens (tertiary/aromatic N) is 3. The van der Waals surface area contributed by atoms with Crippen molar-refractivity contribution >= 4 is 5.95 Å². The number of aryl methyl sites for hydroxylation is 1. The first-order chi connectivity index (χ1) is 8.74. The lowest BCUT2D eigenvalue weighted by Crippen LogP contribution is -2.26. The molecule has 0 radical (unpaired) electrons. The van der Waals surface area contributed by atoms with Crippen molar-refractivity contribution in [3.63, 3.8) is 0 Å². The molecule has 0 aromatic carbocycles. The fourth-order valence-corrected chi connectivity index (χ4v) is 2.61. The molecule has 1 aromatic heterocycles. The molecule has 1 N–H and O–H groups in total. The Morgan fingerprint density at radius 1 is 1.56 bits per heavy atom. The summed E-state index contributed by atoms with van der Waals surface area (Å²) in [6.07, 6.45) is 3.36. The smallest absolute Gasteiger partial charge is 0.205 e. The number of rotatable bonds is 6. The maximum Gasteiger partial charge on any atom is 0.205 e. The Hall–Kier alpha value is -1.07. The van der Waals surface area contributed by atoms with E-state index in [0.717, 1.165) is 50.3 Å². The Morgan fingerprint density at radius 2 is 2.39 bits per heavy atom. The fourth-order valence-electron chi connectivity index (χ4n) is 2.61. The van der Waals surface area contributed by atoms with Gasteiger partial charge in [-0.25, -0.2) is 4.98 Å². The van der Waals surface area contributed by atoms with E-state index in [2.05, 4.69) is 26.0 Å². The van der Waals surface area contributed by atoms with Crippen molar-refractivity contribution < 1.29 is 4.74 Å². The predicted molar refractivity (Wildman–Crippen MR) is 73.1 cm³/mol. The van der Waals surface area contributed by atoms with Crippen molar-refractivity contribution in [2.75, 3.05) is 45.3 Å². The van der Waals surface area contributed by atoms with E-state index in [4.69, 9.17) is 4.74 Å². The van der Waals surface area contributed by atoms with Crippen molar-refractivity contribution in [3.05, 3.63) is 11.9 Å². The third kappa shape index (κ3) is 3.03. The molecule has 1 aliphatic heterocycles. The summed E-state index contributed by atoms with van der Waals surface area (Å²) >= 11 is 0. The lowest BCUT2D eigenvalue weighted by atomic mass is 10.1. The average molecular weight is 252 g/mol. The Labute approximate surface area is 109 Å². The summed E-state index contributed by atoms with van der Waals surface area (Å²) in [5.41, 5.74) is 1.08. The molecule has 1 aliphatic rings. The van der Waals surface area contributed by atoms with Gasteiger partial charge in [-0.1, -0.05) is 0 Å². The van der Waals surface area contributed by atoms with Crippen LogP contribution in [0.5, 0.6) is 0 Å². The van der Waals surface area contributed by atoms with Crippen LogP contribution in [0.3, 0.4) is 0 Å². The van der Waals surface area contributed by atoms with Gasteiger partial charge in [0.25, 0.3) is 0 Å². The maximum atomic E-state index is 5.16. The zero-order valence-corrected chi connectivity index (χ0v) is 11.6. The summed E-state index contributed by atoms with van der Waals surface area (Å²) in [4.78, 5) is 7.05. The standard InChI is InChI=1S/C13H24N4O/c1-11-9-17(6-7-18-3)13(15-11)16-5-4-12(10-16)8-14-2/h9,12,14H,4-8,10H2,1-3H3. The summed E-state index contributed by atoms with van der Waals surface area (Å²) in [6.45, 7) is 6.96. The van der Waals surface area contributed by atoms with Crippen molar-refractivity contribution in [1.29, 1.82) is 0 Å². The monoisotopic (exact) mass is 252 g/mol. The number of aromatic nitrogens is 2. The summed E-state index contributed by atoms with van der Waals surface area (Å²) in [5.74, 6) is 1.84. The van der Waals surface area contributed by atoms with E-state index in [1.807, 2.05) is 14.0 Å². The van der Waals surface area contributed by atoms with E-state index in [1.54, 1.807) is 7.11 Å². The highest BCUT2D eigenvalue weighted by Gasteiger charge is 2.25. The van der Waals surface area contributed by atoms with Crippen LogP contribution in [0.4, 0.5) is 5.95 Å². The maximum absolute atomic E-state index is 5.16. The first kappa shape index (κ1) is 13.4. The SMILES string of the molecule is CNCC1CCN(c2nc(C)cn2CCOC)C1. The average Bonchev–Trinajstić information content (AvgIpc) is 2.93. The van der Waals surface area contributed by atoms with E-state index in [1.165, 1.54) is 6.42 Å². The van der Waals surface area contributed by atoms with Crippen LogP contribution in [0.2, 0.25) is 0 Å². The van der Waals surface area contributed by atoms with Crippen LogP contribution in [0, 0.1) is 12.8 Å². The molecule has 2 rings (SSSR count). The molecule has 102 valence electrons. The van der Waals surface area contributed by atoms with Gasteiger partial charge in [0.05, 0.1) is 12.3 Å². The highest BCUT2D eigenvalue weighted by molar-refractivity contribution is 5.35. The van der Waals surface area contributed by atoms with Crippen molar-refractivity contribution in [2.24, 2.45) is 5.92 Å². The van der Waals surface area contributed by atoms with E-state index >= 15 is 0 Å². The number of imidazole rings is 1. The van der Waals surface area contributed by atoms with Gasteiger partial charge in [0.1, 0.15) is 0 Å². The topological polar surface area (TPSA) is 42.3 Å². The lowest BCUT2D eigenvalue weighted by molar-refractivity contribution is 0.187. The van der Waals surface area contributed by atoms with Crippen LogP contribution in [-0.4, -0.2) is 49.9 Å². The Kier molecular flexibility index (Phi) is 4.60. The molecule has 0 amide bonds. The number of ether oxygens (including phenoxy) is 1. The minimum atomic E-state index is 0.733. The zero-order chi connectivity index (χ0) is 13.0. The molecular weight excluding hydrogens is 228 g/mol. The van der Waals surface area contributed by atoms with Gasteiger partial charge in [0.15, 0.2) is 0 Å². The molecule has 0 bridgehead atoms. The molecule has 0 spiro atoms. The minimum absolute atomic E-state index is 0.733. The third-order valence-electron chi connectivity index (χ3n) is 3.47. The molecule has 1 fully saturated rings. The van der Waals surface area contributed by atoms with Crippen molar-refractivity contribution in [2.45, 2.75) is 19.9 Å². The lowest BCUT2D eigenvalue weighted by Gasteiger charge is -2.19. The van der Waals surface area contributed by atoms with Crippen molar-refractivity contribution in [1.82, 2.24) is 14.9 Å². The van der Waals surface area contributed by atoms with Gasteiger partial charge in [0, 0.05) is 32.9 Å². The molecule has 1 unspecified atom stereocenters. The summed E-state index contributed by atoms with van der Waals surface area (Å²) in [7, 11) is 3.76. The summed E-state index contributed by atoms with van der Waals surface area (Å²) < 4.78 is 7.36. The normalized spacial score (nSPS) is 19.7. The molecule has 0 saturated carbocycles. The number of anilines is 1. The number of nitrogens with one attached hydrogen (secondary N) is 1. The van der Waals surface area contributed by atoms with E-state index in [0.29, 0.717) is 0 Å². The number of hydrogen-bond acceptors (Lipinski definition) is 4. The molecule has 1 aromatic rings. The highest BCUT2D eigenvalue weighted by atomic mass is 16.5. The van der Waals surface area contributed by atoms with Crippen LogP contribution in [-0.2, 0) is 11.3 Å². The van der Waals surface area contributed by atoms with E-state index in [9.17, 15) is 0 Å². The molecule has 5 heteroatoms. The summed E-state index contributed by atoms with van der Waals surface area (Å²) in [5, 5.41) is 3.26. The number of hydrogen-bond donors (Lipinski definition) is 1. The van der Waals surface area contributed by atoms with Gasteiger partial charge in [-0.15, -0.1) is 0 Å². The molecule has 1 atom stereocenters. The zero-order valence-electron chi connectivity index (χ0n) is 11.6. The van der Waals surface area contributed by atoms with Crippen LogP contribution in [0.25, 0.3) is 0 Å². The number of methoxy groups -OCH3 is 1. The molecule has 1 saturated heterocycles. The van der Waals surface area contributed by atoms with E-state index < -0.39 is 0 Å². The van der Waals surface area contributed by atoms with Crippen molar-refractivity contribution in [3.8, 4) is 0 Å². The first-order valence-corrected chi connectivity index (χ1v) is 6.67. The van der Waals surface area contributed by atoms with Gasteiger partial charge < -0.3 is 19.5 Å². The van der Waals surface area contributed by atoms with Crippen LogP contribution < -0.4 is 10.2 Å². The highest BCUT2D eigenvalue weighted by Crippen LogP contribution is 2.23. The fraction of sp³-hybridized carbons (Fsp3) is 0.769. The van der Waals surface area contributed by atoms with Crippen LogP contribution >= 0.6 is 0 Å².